The zero-order valence-corrected chi connectivity index (χ0v) is 11.4. The third-order valence-corrected chi connectivity index (χ3v) is 3.44. The Balaban J connectivity index is 2.32. The van der Waals surface area contributed by atoms with E-state index in [4.69, 9.17) is 6.57 Å². The molecule has 1 aliphatic rings. The third kappa shape index (κ3) is 3.44. The molecule has 5 heteroatoms. The monoisotopic (exact) mass is 282 g/mol. The first-order chi connectivity index (χ1) is 9.45. The van der Waals surface area contributed by atoms with Gasteiger partial charge >= 0.3 is 6.18 Å². The number of hydrogen-bond donors (Lipinski definition) is 0. The van der Waals surface area contributed by atoms with E-state index < -0.39 is 11.7 Å². The van der Waals surface area contributed by atoms with Gasteiger partial charge in [0.25, 0.3) is 0 Å². The molecule has 0 radical (unpaired) electrons. The van der Waals surface area contributed by atoms with Crippen molar-refractivity contribution in [1.29, 1.82) is 0 Å². The molecule has 0 N–H and O–H groups in total. The van der Waals surface area contributed by atoms with Crippen LogP contribution in [0.15, 0.2) is 18.2 Å². The molecule has 0 amide bonds. The fourth-order valence-corrected chi connectivity index (χ4v) is 2.25. The fourth-order valence-electron chi connectivity index (χ4n) is 2.25. The lowest BCUT2D eigenvalue weighted by atomic mass is 10.1. The van der Waals surface area contributed by atoms with E-state index in [-0.39, 0.29) is 5.69 Å². The smallest absolute Gasteiger partial charge is 0.371 e. The van der Waals surface area contributed by atoms with Crippen LogP contribution in [0.5, 0.6) is 0 Å². The first-order valence-corrected chi connectivity index (χ1v) is 6.79. The summed E-state index contributed by atoms with van der Waals surface area (Å²) in [7, 11) is 0. The van der Waals surface area contributed by atoms with Crippen LogP contribution in [-0.4, -0.2) is 13.1 Å². The van der Waals surface area contributed by atoms with E-state index in [0.717, 1.165) is 38.4 Å². The van der Waals surface area contributed by atoms with Gasteiger partial charge in [-0.2, -0.15) is 13.2 Å². The molecular formula is C15H17F3N2. The molecule has 0 saturated heterocycles. The maximum Gasteiger partial charge on any atom is 0.407 e. The van der Waals surface area contributed by atoms with Crippen LogP contribution in [0.4, 0.5) is 24.5 Å². The van der Waals surface area contributed by atoms with Gasteiger partial charge in [-0.1, -0.05) is 13.0 Å². The van der Waals surface area contributed by atoms with Gasteiger partial charge in [-0.3, -0.25) is 0 Å². The Hall–Kier alpha value is -1.70. The normalized spacial score (nSPS) is 14.9. The molecule has 1 aromatic rings. The lowest BCUT2D eigenvalue weighted by Gasteiger charge is -2.25. The van der Waals surface area contributed by atoms with Crippen LogP contribution in [0.3, 0.4) is 0 Å². The minimum absolute atomic E-state index is 0.330. The Bertz CT molecular complexity index is 513. The second-order valence-corrected chi connectivity index (χ2v) is 5.20. The highest BCUT2D eigenvalue weighted by molar-refractivity contribution is 5.62. The number of rotatable bonds is 5. The average molecular weight is 282 g/mol. The summed E-state index contributed by atoms with van der Waals surface area (Å²) in [6.45, 7) is 10.4. The number of benzene rings is 1. The molecule has 1 aromatic carbocycles. The highest BCUT2D eigenvalue weighted by Gasteiger charge is 2.34. The van der Waals surface area contributed by atoms with E-state index in [2.05, 4.69) is 4.85 Å². The topological polar surface area (TPSA) is 7.60 Å². The van der Waals surface area contributed by atoms with Gasteiger partial charge in [0.1, 0.15) is 0 Å². The molecule has 0 aliphatic heterocycles. The van der Waals surface area contributed by atoms with E-state index in [0.29, 0.717) is 11.6 Å². The van der Waals surface area contributed by atoms with Crippen molar-refractivity contribution < 1.29 is 13.2 Å². The highest BCUT2D eigenvalue weighted by atomic mass is 19.4. The first-order valence-electron chi connectivity index (χ1n) is 6.79. The van der Waals surface area contributed by atoms with Crippen LogP contribution >= 0.6 is 0 Å². The van der Waals surface area contributed by atoms with E-state index in [9.17, 15) is 13.2 Å². The molecule has 0 spiro atoms. The minimum Gasteiger partial charge on any atom is -0.371 e. The predicted molar refractivity (Wildman–Crippen MR) is 72.9 cm³/mol. The van der Waals surface area contributed by atoms with E-state index in [1.54, 1.807) is 6.07 Å². The quantitative estimate of drug-likeness (QED) is 0.698. The Morgan fingerprint density at radius 2 is 2.05 bits per heavy atom. The van der Waals surface area contributed by atoms with Crippen molar-refractivity contribution in [1.82, 2.24) is 0 Å². The predicted octanol–water partition coefficient (Wildman–Crippen LogP) is 4.88. The molecule has 0 heterocycles. The fraction of sp³-hybridized carbons (Fsp3) is 0.533. The average Bonchev–Trinajstić information content (AvgIpc) is 3.20. The molecule has 108 valence electrons. The van der Waals surface area contributed by atoms with Crippen LogP contribution in [-0.2, 0) is 6.18 Å². The van der Waals surface area contributed by atoms with Crippen LogP contribution in [0.2, 0.25) is 0 Å². The molecule has 1 saturated carbocycles. The summed E-state index contributed by atoms with van der Waals surface area (Å²) in [5, 5.41) is 0. The van der Waals surface area contributed by atoms with Crippen molar-refractivity contribution in [2.45, 2.75) is 32.4 Å². The summed E-state index contributed by atoms with van der Waals surface area (Å²) in [4.78, 5) is 4.97. The molecule has 0 aromatic heterocycles. The number of alkyl halides is 3. The Kier molecular flexibility index (Phi) is 4.22. The second-order valence-electron chi connectivity index (χ2n) is 5.20. The Labute approximate surface area is 117 Å². The Morgan fingerprint density at radius 1 is 1.35 bits per heavy atom. The second kappa shape index (κ2) is 5.74. The molecule has 2 rings (SSSR count). The summed E-state index contributed by atoms with van der Waals surface area (Å²) in [6, 6.07) is 4.02. The highest BCUT2D eigenvalue weighted by Crippen LogP contribution is 2.39. The molecule has 2 nitrogen and oxygen atoms in total. The van der Waals surface area contributed by atoms with Crippen molar-refractivity contribution >= 4 is 11.4 Å². The van der Waals surface area contributed by atoms with Gasteiger partial charge in [-0.05, 0) is 37.3 Å². The van der Waals surface area contributed by atoms with Crippen molar-refractivity contribution in [3.8, 4) is 0 Å². The lowest BCUT2D eigenvalue weighted by molar-refractivity contribution is -0.136. The van der Waals surface area contributed by atoms with Gasteiger partial charge in [0.05, 0.1) is 12.1 Å². The first kappa shape index (κ1) is 14.7. The van der Waals surface area contributed by atoms with Crippen molar-refractivity contribution in [2.75, 3.05) is 18.0 Å². The minimum atomic E-state index is -4.48. The molecule has 1 fully saturated rings. The van der Waals surface area contributed by atoms with Crippen molar-refractivity contribution in [2.24, 2.45) is 5.92 Å². The van der Waals surface area contributed by atoms with E-state index in [1.807, 2.05) is 11.8 Å². The number of halogens is 3. The van der Waals surface area contributed by atoms with E-state index in [1.165, 1.54) is 6.07 Å². The van der Waals surface area contributed by atoms with Crippen molar-refractivity contribution in [3.63, 3.8) is 0 Å². The van der Waals surface area contributed by atoms with Crippen LogP contribution in [0.25, 0.3) is 4.85 Å². The van der Waals surface area contributed by atoms with Crippen LogP contribution in [0, 0.1) is 12.5 Å². The Morgan fingerprint density at radius 3 is 2.55 bits per heavy atom. The lowest BCUT2D eigenvalue weighted by Crippen LogP contribution is -2.26. The molecule has 0 unspecified atom stereocenters. The van der Waals surface area contributed by atoms with Gasteiger partial charge in [0.15, 0.2) is 5.69 Å². The largest absolute Gasteiger partial charge is 0.407 e. The third-order valence-electron chi connectivity index (χ3n) is 3.44. The van der Waals surface area contributed by atoms with Gasteiger partial charge in [0.2, 0.25) is 0 Å². The maximum absolute atomic E-state index is 13.0. The van der Waals surface area contributed by atoms with Crippen molar-refractivity contribution in [3.05, 3.63) is 35.2 Å². The SMILES string of the molecule is [C-]#[N+]c1ccc(N(CCC)CC2CC2)cc1C(F)(F)F. The summed E-state index contributed by atoms with van der Waals surface area (Å²) < 4.78 is 38.9. The maximum atomic E-state index is 13.0. The summed E-state index contributed by atoms with van der Waals surface area (Å²) in [5.74, 6) is 0.608. The van der Waals surface area contributed by atoms with E-state index >= 15 is 0 Å². The molecule has 1 aliphatic carbocycles. The molecule has 0 atom stereocenters. The zero-order chi connectivity index (χ0) is 14.8. The summed E-state index contributed by atoms with van der Waals surface area (Å²) in [5.41, 5.74) is -0.593. The summed E-state index contributed by atoms with van der Waals surface area (Å²) >= 11 is 0. The summed E-state index contributed by atoms with van der Waals surface area (Å²) in [6.07, 6.45) is -1.27. The molecule has 0 bridgehead atoms. The molecule has 20 heavy (non-hydrogen) atoms. The van der Waals surface area contributed by atoms with Gasteiger partial charge in [-0.15, -0.1) is 0 Å². The molecular weight excluding hydrogens is 265 g/mol. The zero-order valence-electron chi connectivity index (χ0n) is 11.4. The standard InChI is InChI=1S/C15H17F3N2/c1-3-8-20(10-11-4-5-11)12-6-7-14(19-2)13(9-12)15(16,17)18/h6-7,9,11H,3-5,8,10H2,1H3. The van der Waals surface area contributed by atoms with Gasteiger partial charge in [-0.25, -0.2) is 4.85 Å². The van der Waals surface area contributed by atoms with Crippen LogP contribution < -0.4 is 4.90 Å². The number of nitrogens with zero attached hydrogens (tertiary/aromatic N) is 2. The number of anilines is 1. The van der Waals surface area contributed by atoms with Gasteiger partial charge < -0.3 is 4.90 Å². The number of hydrogen-bond acceptors (Lipinski definition) is 1. The van der Waals surface area contributed by atoms with Crippen LogP contribution in [0.1, 0.15) is 31.7 Å². The van der Waals surface area contributed by atoms with Gasteiger partial charge in [0, 0.05) is 18.8 Å².